The van der Waals surface area contributed by atoms with Crippen molar-refractivity contribution < 1.29 is 14.6 Å². The van der Waals surface area contributed by atoms with Crippen LogP contribution in [0.1, 0.15) is 6.23 Å². The summed E-state index contributed by atoms with van der Waals surface area (Å²) in [6, 6.07) is 11.6. The third kappa shape index (κ3) is 2.22. The molecule has 4 atom stereocenters. The van der Waals surface area contributed by atoms with Crippen LogP contribution in [0.4, 0.5) is 0 Å². The standard InChI is InChI=1S/C15H14N2O4S/c18-8-10-13(22-9-4-2-1-3-5-9)12-14(20-10)17-7-6-11(19)16-15(17)21-12/h1-7,10,12-14,18H,8H2/t10-,12+,13+,14-/m1/s1. The van der Waals surface area contributed by atoms with Gasteiger partial charge in [-0.15, -0.1) is 11.8 Å². The minimum absolute atomic E-state index is 0.0748. The number of rotatable bonds is 3. The minimum atomic E-state index is -0.360. The maximum Gasteiger partial charge on any atom is 0.302 e. The van der Waals surface area contributed by atoms with E-state index in [2.05, 4.69) is 4.98 Å². The summed E-state index contributed by atoms with van der Waals surface area (Å²) < 4.78 is 13.4. The molecule has 1 saturated heterocycles. The second-order valence-electron chi connectivity index (χ2n) is 5.18. The van der Waals surface area contributed by atoms with E-state index in [4.69, 9.17) is 9.47 Å². The number of fused-ring (bicyclic) bond motifs is 3. The number of aliphatic hydroxyl groups excluding tert-OH is 1. The largest absolute Gasteiger partial charge is 0.455 e. The molecule has 2 aromatic rings. The van der Waals surface area contributed by atoms with Crippen LogP contribution in [-0.4, -0.2) is 38.7 Å². The molecule has 1 aromatic heterocycles. The number of nitrogens with zero attached hydrogens (tertiary/aromatic N) is 2. The number of hydrogen-bond acceptors (Lipinski definition) is 6. The summed E-state index contributed by atoms with van der Waals surface area (Å²) in [7, 11) is 0. The van der Waals surface area contributed by atoms with Gasteiger partial charge in [0.2, 0.25) is 0 Å². The molecule has 0 radical (unpaired) electrons. The van der Waals surface area contributed by atoms with E-state index in [1.54, 1.807) is 22.5 Å². The first-order valence-corrected chi connectivity index (χ1v) is 7.88. The van der Waals surface area contributed by atoms with Gasteiger partial charge in [0, 0.05) is 17.2 Å². The molecular formula is C15H14N2O4S. The first-order chi connectivity index (χ1) is 10.8. The van der Waals surface area contributed by atoms with Crippen LogP contribution >= 0.6 is 11.8 Å². The van der Waals surface area contributed by atoms with Gasteiger partial charge in [-0.25, -0.2) is 0 Å². The molecule has 6 nitrogen and oxygen atoms in total. The number of thioether (sulfide) groups is 1. The van der Waals surface area contributed by atoms with Crippen molar-refractivity contribution in [3.05, 3.63) is 52.9 Å². The highest BCUT2D eigenvalue weighted by Gasteiger charge is 2.51. The van der Waals surface area contributed by atoms with E-state index in [9.17, 15) is 9.90 Å². The van der Waals surface area contributed by atoms with Crippen LogP contribution < -0.4 is 10.3 Å². The van der Waals surface area contributed by atoms with E-state index in [-0.39, 0.29) is 41.9 Å². The zero-order chi connectivity index (χ0) is 15.1. The molecule has 114 valence electrons. The monoisotopic (exact) mass is 318 g/mol. The molecule has 0 unspecified atom stereocenters. The molecule has 7 heteroatoms. The van der Waals surface area contributed by atoms with E-state index < -0.39 is 0 Å². The van der Waals surface area contributed by atoms with Crippen molar-refractivity contribution in [1.29, 1.82) is 0 Å². The second kappa shape index (κ2) is 5.42. The lowest BCUT2D eigenvalue weighted by Gasteiger charge is -2.19. The van der Waals surface area contributed by atoms with Gasteiger partial charge in [0.15, 0.2) is 12.3 Å². The third-order valence-electron chi connectivity index (χ3n) is 3.80. The lowest BCUT2D eigenvalue weighted by Crippen LogP contribution is -2.32. The molecule has 22 heavy (non-hydrogen) atoms. The first kappa shape index (κ1) is 13.8. The van der Waals surface area contributed by atoms with Crippen LogP contribution in [-0.2, 0) is 4.74 Å². The van der Waals surface area contributed by atoms with Crippen molar-refractivity contribution in [2.24, 2.45) is 0 Å². The van der Waals surface area contributed by atoms with E-state index in [0.717, 1.165) is 4.90 Å². The number of benzene rings is 1. The Morgan fingerprint density at radius 2 is 2.09 bits per heavy atom. The van der Waals surface area contributed by atoms with Gasteiger partial charge >= 0.3 is 6.01 Å². The Labute approximate surface area is 130 Å². The number of aromatic nitrogens is 2. The predicted octanol–water partition coefficient (Wildman–Crippen LogP) is 1.05. The van der Waals surface area contributed by atoms with Crippen LogP contribution in [0.3, 0.4) is 0 Å². The van der Waals surface area contributed by atoms with E-state index in [0.29, 0.717) is 0 Å². The smallest absolute Gasteiger partial charge is 0.302 e. The Morgan fingerprint density at radius 1 is 1.27 bits per heavy atom. The Bertz CT molecular complexity index is 736. The average molecular weight is 318 g/mol. The lowest BCUT2D eigenvalue weighted by molar-refractivity contribution is -0.0251. The predicted molar refractivity (Wildman–Crippen MR) is 80.0 cm³/mol. The SMILES string of the molecule is O=c1ccn2c(n1)O[C@H]1[C@@H](Sc3ccccc3)[C@@H](CO)O[C@H]12. The average Bonchev–Trinajstić information content (AvgIpc) is 3.04. The van der Waals surface area contributed by atoms with Crippen molar-refractivity contribution in [2.75, 3.05) is 6.61 Å². The molecule has 1 N–H and O–H groups in total. The topological polar surface area (TPSA) is 73.6 Å². The zero-order valence-electron chi connectivity index (χ0n) is 11.5. The van der Waals surface area contributed by atoms with Crippen molar-refractivity contribution >= 4 is 11.8 Å². The van der Waals surface area contributed by atoms with Gasteiger partial charge in [-0.2, -0.15) is 4.98 Å². The fourth-order valence-corrected chi connectivity index (χ4v) is 4.06. The molecule has 1 aromatic carbocycles. The normalized spacial score (nSPS) is 29.0. The van der Waals surface area contributed by atoms with Crippen LogP contribution in [0.2, 0.25) is 0 Å². The van der Waals surface area contributed by atoms with Gasteiger partial charge in [0.05, 0.1) is 18.0 Å². The highest BCUT2D eigenvalue weighted by atomic mass is 32.2. The molecule has 0 aliphatic carbocycles. The Balaban J connectivity index is 1.64. The van der Waals surface area contributed by atoms with Crippen molar-refractivity contribution in [3.63, 3.8) is 0 Å². The van der Waals surface area contributed by atoms with Gasteiger partial charge in [-0.05, 0) is 12.1 Å². The highest BCUT2D eigenvalue weighted by Crippen LogP contribution is 2.45. The van der Waals surface area contributed by atoms with Crippen LogP contribution in [0.5, 0.6) is 6.01 Å². The van der Waals surface area contributed by atoms with Crippen molar-refractivity contribution in [1.82, 2.24) is 9.55 Å². The van der Waals surface area contributed by atoms with E-state index in [1.807, 2.05) is 30.3 Å². The van der Waals surface area contributed by atoms with Gasteiger partial charge < -0.3 is 14.6 Å². The van der Waals surface area contributed by atoms with Gasteiger partial charge in [-0.1, -0.05) is 18.2 Å². The molecule has 0 bridgehead atoms. The van der Waals surface area contributed by atoms with E-state index >= 15 is 0 Å². The number of aliphatic hydroxyl groups is 1. The summed E-state index contributed by atoms with van der Waals surface area (Å²) in [6.45, 7) is -0.0795. The zero-order valence-corrected chi connectivity index (χ0v) is 12.3. The fourth-order valence-electron chi connectivity index (χ4n) is 2.80. The molecule has 1 fully saturated rings. The minimum Gasteiger partial charge on any atom is -0.455 e. The quantitative estimate of drug-likeness (QED) is 0.912. The van der Waals surface area contributed by atoms with E-state index in [1.165, 1.54) is 6.07 Å². The number of hydrogen-bond donors (Lipinski definition) is 1. The summed E-state index contributed by atoms with van der Waals surface area (Å²) in [5, 5.41) is 9.52. The van der Waals surface area contributed by atoms with Crippen molar-refractivity contribution in [2.45, 2.75) is 28.6 Å². The van der Waals surface area contributed by atoms with Crippen LogP contribution in [0.25, 0.3) is 0 Å². The third-order valence-corrected chi connectivity index (χ3v) is 5.19. The molecular weight excluding hydrogens is 304 g/mol. The summed E-state index contributed by atoms with van der Waals surface area (Å²) >= 11 is 1.61. The van der Waals surface area contributed by atoms with Gasteiger partial charge in [0.1, 0.15) is 0 Å². The fraction of sp³-hybridized carbons (Fsp3) is 0.333. The molecule has 0 amide bonds. The summed E-state index contributed by atoms with van der Waals surface area (Å²) in [4.78, 5) is 16.3. The number of ether oxygens (including phenoxy) is 2. The Hall–Kier alpha value is -1.83. The molecule has 3 heterocycles. The van der Waals surface area contributed by atoms with Crippen LogP contribution in [0.15, 0.2) is 52.3 Å². The van der Waals surface area contributed by atoms with Crippen molar-refractivity contribution in [3.8, 4) is 6.01 Å². The van der Waals surface area contributed by atoms with Gasteiger partial charge in [0.25, 0.3) is 5.56 Å². The molecule has 4 rings (SSSR count). The molecule has 2 aliphatic heterocycles. The second-order valence-corrected chi connectivity index (χ2v) is 6.43. The highest BCUT2D eigenvalue weighted by molar-refractivity contribution is 8.00. The Kier molecular flexibility index (Phi) is 3.40. The Morgan fingerprint density at radius 3 is 2.86 bits per heavy atom. The molecule has 0 spiro atoms. The summed E-state index contributed by atoms with van der Waals surface area (Å²) in [5.74, 6) is 0. The maximum absolute atomic E-state index is 11.4. The summed E-state index contributed by atoms with van der Waals surface area (Å²) in [6.07, 6.45) is 0.658. The van der Waals surface area contributed by atoms with Crippen LogP contribution in [0, 0.1) is 0 Å². The summed E-state index contributed by atoms with van der Waals surface area (Å²) in [5.41, 5.74) is -0.336. The molecule has 2 aliphatic rings. The lowest BCUT2D eigenvalue weighted by atomic mass is 10.2. The first-order valence-electron chi connectivity index (χ1n) is 7.00. The maximum atomic E-state index is 11.4. The van der Waals surface area contributed by atoms with Gasteiger partial charge in [-0.3, -0.25) is 9.36 Å². The molecule has 0 saturated carbocycles.